The lowest BCUT2D eigenvalue weighted by Crippen LogP contribution is -2.37. The number of aromatic nitrogens is 2. The van der Waals surface area contributed by atoms with Gasteiger partial charge in [0.15, 0.2) is 11.6 Å². The van der Waals surface area contributed by atoms with Gasteiger partial charge in [-0.15, -0.1) is 0 Å². The molecule has 0 spiro atoms. The number of para-hydroxylation sites is 2. The molecule has 0 amide bonds. The number of hydrogen-bond donors (Lipinski definition) is 2. The van der Waals surface area contributed by atoms with Gasteiger partial charge in [-0.05, 0) is 30.9 Å². The summed E-state index contributed by atoms with van der Waals surface area (Å²) >= 11 is 0. The number of aliphatic hydroxyl groups is 1. The molecule has 3 rings (SSSR count). The average molecular weight is 258 g/mol. The second-order valence-electron chi connectivity index (χ2n) is 5.06. The van der Waals surface area contributed by atoms with Crippen molar-refractivity contribution < 1.29 is 5.11 Å². The third-order valence-electron chi connectivity index (χ3n) is 3.65. The zero-order valence-electron chi connectivity index (χ0n) is 10.8. The summed E-state index contributed by atoms with van der Waals surface area (Å²) in [5.74, 6) is 1.52. The van der Waals surface area contributed by atoms with Crippen molar-refractivity contribution in [3.05, 3.63) is 24.3 Å². The molecule has 1 aromatic heterocycles. The normalized spacial score (nSPS) is 19.8. The van der Waals surface area contributed by atoms with Crippen LogP contribution in [0.4, 0.5) is 11.6 Å². The maximum atomic E-state index is 9.30. The second kappa shape index (κ2) is 5.01. The predicted molar refractivity (Wildman–Crippen MR) is 76.0 cm³/mol. The van der Waals surface area contributed by atoms with Crippen molar-refractivity contribution in [1.82, 2.24) is 9.97 Å². The Kier molecular flexibility index (Phi) is 3.21. The molecule has 0 bridgehead atoms. The minimum atomic E-state index is 0.220. The van der Waals surface area contributed by atoms with Gasteiger partial charge in [-0.25, -0.2) is 9.97 Å². The standard InChI is InChI=1S/C14H18N4O/c15-13-14(18-7-3-4-10(8-18)9-19)17-12-6-2-1-5-11(12)16-13/h1-2,5-6,10,19H,3-4,7-9H2,(H2,15,16)/t10-/m0/s1. The molecule has 1 atom stereocenters. The topological polar surface area (TPSA) is 75.3 Å². The van der Waals surface area contributed by atoms with Crippen molar-refractivity contribution in [1.29, 1.82) is 0 Å². The predicted octanol–water partition coefficient (Wildman–Crippen LogP) is 1.42. The van der Waals surface area contributed by atoms with Gasteiger partial charge in [0, 0.05) is 19.7 Å². The van der Waals surface area contributed by atoms with Gasteiger partial charge in [0.1, 0.15) is 0 Å². The Balaban J connectivity index is 1.97. The molecule has 5 heteroatoms. The molecule has 1 aliphatic heterocycles. The maximum absolute atomic E-state index is 9.30. The van der Waals surface area contributed by atoms with Gasteiger partial charge in [0.05, 0.1) is 11.0 Å². The summed E-state index contributed by atoms with van der Waals surface area (Å²) in [6.07, 6.45) is 2.12. The van der Waals surface area contributed by atoms with Crippen molar-refractivity contribution in [2.24, 2.45) is 5.92 Å². The summed E-state index contributed by atoms with van der Waals surface area (Å²) in [6, 6.07) is 7.73. The number of nitrogens with two attached hydrogens (primary N) is 1. The molecular weight excluding hydrogens is 240 g/mol. The molecule has 1 fully saturated rings. The first-order chi connectivity index (χ1) is 9.28. The van der Waals surface area contributed by atoms with E-state index in [2.05, 4.69) is 14.9 Å². The highest BCUT2D eigenvalue weighted by Crippen LogP contribution is 2.26. The number of hydrogen-bond acceptors (Lipinski definition) is 5. The molecule has 0 radical (unpaired) electrons. The number of aliphatic hydroxyl groups excluding tert-OH is 1. The van der Waals surface area contributed by atoms with E-state index < -0.39 is 0 Å². The van der Waals surface area contributed by atoms with Crippen LogP contribution in [-0.2, 0) is 0 Å². The molecule has 3 N–H and O–H groups in total. The minimum Gasteiger partial charge on any atom is -0.396 e. The summed E-state index contributed by atoms with van der Waals surface area (Å²) in [5.41, 5.74) is 7.70. The fraction of sp³-hybridized carbons (Fsp3) is 0.429. The molecule has 5 nitrogen and oxygen atoms in total. The number of nitrogens with zero attached hydrogens (tertiary/aromatic N) is 3. The van der Waals surface area contributed by atoms with Crippen LogP contribution in [0.1, 0.15) is 12.8 Å². The van der Waals surface area contributed by atoms with Crippen LogP contribution in [-0.4, -0.2) is 34.8 Å². The summed E-state index contributed by atoms with van der Waals surface area (Å²) in [5, 5.41) is 9.30. The van der Waals surface area contributed by atoms with Crippen LogP contribution in [0.2, 0.25) is 0 Å². The molecule has 1 aromatic carbocycles. The summed E-state index contributed by atoms with van der Waals surface area (Å²) in [7, 11) is 0. The highest BCUT2D eigenvalue weighted by atomic mass is 16.3. The van der Waals surface area contributed by atoms with Crippen molar-refractivity contribution in [2.75, 3.05) is 30.3 Å². The van der Waals surface area contributed by atoms with Gasteiger partial charge in [0.2, 0.25) is 0 Å². The first kappa shape index (κ1) is 12.2. The van der Waals surface area contributed by atoms with E-state index in [0.717, 1.165) is 42.8 Å². The highest BCUT2D eigenvalue weighted by molar-refractivity contribution is 5.79. The molecule has 0 saturated carbocycles. The van der Waals surface area contributed by atoms with Gasteiger partial charge in [-0.2, -0.15) is 0 Å². The first-order valence-electron chi connectivity index (χ1n) is 6.66. The van der Waals surface area contributed by atoms with Gasteiger partial charge < -0.3 is 15.7 Å². The molecular formula is C14H18N4O. The molecule has 100 valence electrons. The zero-order chi connectivity index (χ0) is 13.2. The third kappa shape index (κ3) is 2.33. The Morgan fingerprint density at radius 3 is 2.74 bits per heavy atom. The van der Waals surface area contributed by atoms with Crippen LogP contribution in [0.25, 0.3) is 11.0 Å². The summed E-state index contributed by atoms with van der Waals surface area (Å²) in [6.45, 7) is 1.94. The third-order valence-corrected chi connectivity index (χ3v) is 3.65. The fourth-order valence-electron chi connectivity index (χ4n) is 2.64. The molecule has 19 heavy (non-hydrogen) atoms. The van der Waals surface area contributed by atoms with E-state index >= 15 is 0 Å². The zero-order valence-corrected chi connectivity index (χ0v) is 10.8. The van der Waals surface area contributed by atoms with E-state index in [1.165, 1.54) is 0 Å². The molecule has 1 aliphatic rings. The summed E-state index contributed by atoms with van der Waals surface area (Å²) in [4.78, 5) is 11.2. The minimum absolute atomic E-state index is 0.220. The van der Waals surface area contributed by atoms with Crippen molar-refractivity contribution in [2.45, 2.75) is 12.8 Å². The lowest BCUT2D eigenvalue weighted by atomic mass is 9.99. The first-order valence-corrected chi connectivity index (χ1v) is 6.66. The van der Waals surface area contributed by atoms with Crippen LogP contribution < -0.4 is 10.6 Å². The Bertz CT molecular complexity index is 587. The van der Waals surface area contributed by atoms with Crippen molar-refractivity contribution >= 4 is 22.7 Å². The number of rotatable bonds is 2. The van der Waals surface area contributed by atoms with Gasteiger partial charge in [-0.1, -0.05) is 12.1 Å². The summed E-state index contributed by atoms with van der Waals surface area (Å²) < 4.78 is 0. The number of piperidine rings is 1. The van der Waals surface area contributed by atoms with Gasteiger partial charge in [-0.3, -0.25) is 0 Å². The van der Waals surface area contributed by atoms with Crippen LogP contribution in [0.5, 0.6) is 0 Å². The van der Waals surface area contributed by atoms with Crippen molar-refractivity contribution in [3.63, 3.8) is 0 Å². The Labute approximate surface area is 112 Å². The van der Waals surface area contributed by atoms with E-state index in [4.69, 9.17) is 5.73 Å². The average Bonchev–Trinajstić information content (AvgIpc) is 2.46. The van der Waals surface area contributed by atoms with Gasteiger partial charge >= 0.3 is 0 Å². The Morgan fingerprint density at radius 2 is 2.00 bits per heavy atom. The van der Waals surface area contributed by atoms with E-state index in [-0.39, 0.29) is 6.61 Å². The largest absolute Gasteiger partial charge is 0.396 e. The van der Waals surface area contributed by atoms with E-state index in [0.29, 0.717) is 11.7 Å². The molecule has 2 aromatic rings. The van der Waals surface area contributed by atoms with Gasteiger partial charge in [0.25, 0.3) is 0 Å². The quantitative estimate of drug-likeness (QED) is 0.852. The maximum Gasteiger partial charge on any atom is 0.172 e. The lowest BCUT2D eigenvalue weighted by molar-refractivity contribution is 0.208. The second-order valence-corrected chi connectivity index (χ2v) is 5.06. The monoisotopic (exact) mass is 258 g/mol. The van der Waals surface area contributed by atoms with Crippen LogP contribution in [0, 0.1) is 5.92 Å². The number of anilines is 2. The van der Waals surface area contributed by atoms with Crippen molar-refractivity contribution in [3.8, 4) is 0 Å². The number of benzene rings is 1. The van der Waals surface area contributed by atoms with Crippen LogP contribution in [0.3, 0.4) is 0 Å². The molecule has 2 heterocycles. The number of nitrogen functional groups attached to an aromatic ring is 1. The van der Waals surface area contributed by atoms with Crippen LogP contribution >= 0.6 is 0 Å². The molecule has 0 unspecified atom stereocenters. The molecule has 1 saturated heterocycles. The Hall–Kier alpha value is -1.88. The SMILES string of the molecule is Nc1nc2ccccc2nc1N1CCC[C@H](CO)C1. The Morgan fingerprint density at radius 1 is 1.26 bits per heavy atom. The lowest BCUT2D eigenvalue weighted by Gasteiger charge is -2.33. The smallest absolute Gasteiger partial charge is 0.172 e. The molecule has 0 aliphatic carbocycles. The van der Waals surface area contributed by atoms with E-state index in [1.54, 1.807) is 0 Å². The number of fused-ring (bicyclic) bond motifs is 1. The highest BCUT2D eigenvalue weighted by Gasteiger charge is 2.22. The van der Waals surface area contributed by atoms with E-state index in [1.807, 2.05) is 24.3 Å². The van der Waals surface area contributed by atoms with Crippen LogP contribution in [0.15, 0.2) is 24.3 Å². The fourth-order valence-corrected chi connectivity index (χ4v) is 2.64. The van der Waals surface area contributed by atoms with E-state index in [9.17, 15) is 5.11 Å².